The van der Waals surface area contributed by atoms with Gasteiger partial charge in [0.15, 0.2) is 0 Å². The zero-order valence-electron chi connectivity index (χ0n) is 40.5. The van der Waals surface area contributed by atoms with E-state index >= 15 is 0 Å². The molecule has 56 heavy (non-hydrogen) atoms. The molecular weight excluding hydrogens is 692 g/mol. The summed E-state index contributed by atoms with van der Waals surface area (Å²) in [7, 11) is -0.809. The summed E-state index contributed by atoms with van der Waals surface area (Å²) in [5, 5.41) is 0. The number of hydrogen-bond donors (Lipinski definition) is 0. The molecule has 338 valence electrons. The van der Waals surface area contributed by atoms with Gasteiger partial charge >= 0.3 is 0 Å². The van der Waals surface area contributed by atoms with Gasteiger partial charge in [0.05, 0.1) is 24.6 Å². The highest BCUT2D eigenvalue weighted by atomic mass is 31.2. The minimum absolute atomic E-state index is 0.809. The van der Waals surface area contributed by atoms with Crippen molar-refractivity contribution in [2.75, 3.05) is 24.6 Å². The molecule has 0 saturated heterocycles. The Labute approximate surface area is 360 Å². The van der Waals surface area contributed by atoms with E-state index in [1.54, 1.807) is 50.3 Å². The average molecular weight is 806 g/mol. The van der Waals surface area contributed by atoms with Gasteiger partial charge in [0.2, 0.25) is 0 Å². The highest BCUT2D eigenvalue weighted by Gasteiger charge is 2.35. The van der Waals surface area contributed by atoms with Crippen LogP contribution in [-0.4, -0.2) is 24.6 Å². The number of unbranched alkanes of at least 4 members (excludes halogenated alkanes) is 43. The Morgan fingerprint density at radius 3 is 0.375 bits per heavy atom. The van der Waals surface area contributed by atoms with Gasteiger partial charge in [0.25, 0.3) is 0 Å². The highest BCUT2D eigenvalue weighted by molar-refractivity contribution is 7.75. The molecule has 0 spiro atoms. The molecule has 0 radical (unpaired) electrons. The lowest BCUT2D eigenvalue weighted by Gasteiger charge is -2.28. The fourth-order valence-electron chi connectivity index (χ4n) is 9.65. The summed E-state index contributed by atoms with van der Waals surface area (Å²) in [4.78, 5) is 0. The Morgan fingerprint density at radius 2 is 0.250 bits per heavy atom. The third-order valence-electron chi connectivity index (χ3n) is 13.7. The quantitative estimate of drug-likeness (QED) is 0.0424. The van der Waals surface area contributed by atoms with Crippen LogP contribution in [0.15, 0.2) is 0 Å². The lowest BCUT2D eigenvalue weighted by Crippen LogP contribution is -2.13. The fraction of sp³-hybridized carbons (Fsp3) is 1.00. The molecule has 0 fully saturated rings. The van der Waals surface area contributed by atoms with Crippen molar-refractivity contribution in [1.82, 2.24) is 0 Å². The largest absolute Gasteiger partial charge is 0.0654 e. The summed E-state index contributed by atoms with van der Waals surface area (Å²) in [5.41, 5.74) is 0. The van der Waals surface area contributed by atoms with Crippen molar-refractivity contribution in [1.29, 1.82) is 0 Å². The van der Waals surface area contributed by atoms with Crippen molar-refractivity contribution in [3.05, 3.63) is 0 Å². The van der Waals surface area contributed by atoms with E-state index in [4.69, 9.17) is 0 Å². The van der Waals surface area contributed by atoms with Gasteiger partial charge in [-0.3, -0.25) is 0 Å². The molecule has 0 aromatic rings. The number of rotatable bonds is 51. The summed E-state index contributed by atoms with van der Waals surface area (Å²) in [6.07, 6.45) is 76.8. The van der Waals surface area contributed by atoms with Gasteiger partial charge in [-0.1, -0.05) is 278 Å². The molecule has 0 bridgehead atoms. The van der Waals surface area contributed by atoms with E-state index in [9.17, 15) is 0 Å². The van der Waals surface area contributed by atoms with Gasteiger partial charge in [-0.25, -0.2) is 0 Å². The Balaban J connectivity index is 4.83. The minimum atomic E-state index is -0.809. The predicted molar refractivity (Wildman–Crippen MR) is 266 cm³/mol. The lowest BCUT2D eigenvalue weighted by atomic mass is 10.0. The van der Waals surface area contributed by atoms with E-state index in [1.165, 1.54) is 276 Å². The van der Waals surface area contributed by atoms with E-state index in [0.29, 0.717) is 0 Å². The smallest absolute Gasteiger partial charge is 0.0594 e. The van der Waals surface area contributed by atoms with E-state index in [-0.39, 0.29) is 0 Å². The Morgan fingerprint density at radius 1 is 0.143 bits per heavy atom. The Kier molecular flexibility index (Phi) is 50.2. The normalized spacial score (nSPS) is 12.0. The summed E-state index contributed by atoms with van der Waals surface area (Å²) in [6, 6.07) is 0. The molecule has 0 aromatic heterocycles. The van der Waals surface area contributed by atoms with Crippen LogP contribution in [0.2, 0.25) is 0 Å². The molecule has 0 aliphatic heterocycles. The summed E-state index contributed by atoms with van der Waals surface area (Å²) in [5.74, 6) is 0. The van der Waals surface area contributed by atoms with Crippen molar-refractivity contribution in [3.63, 3.8) is 0 Å². The van der Waals surface area contributed by atoms with Gasteiger partial charge < -0.3 is 0 Å². The van der Waals surface area contributed by atoms with Crippen LogP contribution in [0.25, 0.3) is 0 Å². The molecule has 0 saturated carbocycles. The molecule has 0 rings (SSSR count). The summed E-state index contributed by atoms with van der Waals surface area (Å²) >= 11 is 0. The van der Waals surface area contributed by atoms with Gasteiger partial charge in [-0.05, 0) is 51.4 Å². The van der Waals surface area contributed by atoms with Crippen LogP contribution in [0.5, 0.6) is 0 Å². The SMILES string of the molecule is CCCCCCCCCCCCCCC[P+](CCCCCCCCCC)(CCCCCCCCCCCCCCC)CCCCCCCCCCCCCCC. The molecule has 0 aliphatic carbocycles. The van der Waals surface area contributed by atoms with E-state index in [0.717, 1.165) is 0 Å². The van der Waals surface area contributed by atoms with Gasteiger partial charge in [-0.15, -0.1) is 0 Å². The maximum absolute atomic E-state index is 2.36. The molecule has 0 aromatic carbocycles. The molecule has 0 N–H and O–H groups in total. The second-order valence-electron chi connectivity index (χ2n) is 19.4. The molecule has 1 heteroatoms. The standard InChI is InChI=1S/C55H114P/c1-5-9-13-17-21-25-28-31-34-37-41-45-49-53-56(52-48-44-40-24-20-16-12-8-4,54-50-46-42-38-35-32-29-26-22-18-14-10-6-2)55-51-47-43-39-36-33-30-27-23-19-15-11-7-3/h5-55H2,1-4H3/q+1. The lowest BCUT2D eigenvalue weighted by molar-refractivity contribution is 0.541. The van der Waals surface area contributed by atoms with Crippen LogP contribution < -0.4 is 0 Å². The molecule has 0 atom stereocenters. The molecule has 0 heterocycles. The third-order valence-corrected chi connectivity index (χ3v) is 18.8. The van der Waals surface area contributed by atoms with Crippen molar-refractivity contribution >= 4 is 7.26 Å². The fourth-order valence-corrected chi connectivity index (χ4v) is 14.6. The van der Waals surface area contributed by atoms with Gasteiger partial charge in [0, 0.05) is 7.26 Å². The topological polar surface area (TPSA) is 0 Å². The van der Waals surface area contributed by atoms with Gasteiger partial charge in [-0.2, -0.15) is 0 Å². The molecule has 0 unspecified atom stereocenters. The third kappa shape index (κ3) is 44.0. The average Bonchev–Trinajstić information content (AvgIpc) is 3.21. The molecule has 0 aliphatic rings. The van der Waals surface area contributed by atoms with Crippen LogP contribution in [-0.2, 0) is 0 Å². The van der Waals surface area contributed by atoms with E-state index < -0.39 is 7.26 Å². The maximum atomic E-state index is 2.36. The summed E-state index contributed by atoms with van der Waals surface area (Å²) in [6.45, 7) is 9.36. The van der Waals surface area contributed by atoms with E-state index in [1.807, 2.05) is 0 Å². The van der Waals surface area contributed by atoms with E-state index in [2.05, 4.69) is 27.7 Å². The number of hydrogen-bond acceptors (Lipinski definition) is 0. The first-order chi connectivity index (χ1) is 27.7. The first-order valence-electron chi connectivity index (χ1n) is 27.6. The zero-order valence-corrected chi connectivity index (χ0v) is 41.4. The maximum Gasteiger partial charge on any atom is 0.0594 e. The second kappa shape index (κ2) is 49.8. The van der Waals surface area contributed by atoms with Crippen LogP contribution in [0.1, 0.15) is 329 Å². The summed E-state index contributed by atoms with van der Waals surface area (Å²) < 4.78 is 0. The highest BCUT2D eigenvalue weighted by Crippen LogP contribution is 2.61. The van der Waals surface area contributed by atoms with Crippen molar-refractivity contribution in [2.24, 2.45) is 0 Å². The second-order valence-corrected chi connectivity index (χ2v) is 23.9. The van der Waals surface area contributed by atoms with Crippen LogP contribution in [0, 0.1) is 0 Å². The monoisotopic (exact) mass is 806 g/mol. The Bertz CT molecular complexity index is 596. The first-order valence-corrected chi connectivity index (χ1v) is 30.1. The van der Waals surface area contributed by atoms with Crippen molar-refractivity contribution in [2.45, 2.75) is 329 Å². The predicted octanol–water partition coefficient (Wildman–Crippen LogP) is 21.4. The minimum Gasteiger partial charge on any atom is -0.0654 e. The Hall–Kier alpha value is 0.430. The van der Waals surface area contributed by atoms with Crippen LogP contribution >= 0.6 is 7.26 Å². The van der Waals surface area contributed by atoms with Crippen LogP contribution in [0.3, 0.4) is 0 Å². The van der Waals surface area contributed by atoms with Crippen LogP contribution in [0.4, 0.5) is 0 Å². The zero-order chi connectivity index (χ0) is 40.6. The van der Waals surface area contributed by atoms with Crippen molar-refractivity contribution < 1.29 is 0 Å². The molecule has 0 amide bonds. The first kappa shape index (κ1) is 56.4. The molecular formula is C55H114P+. The van der Waals surface area contributed by atoms with Gasteiger partial charge in [0.1, 0.15) is 0 Å². The molecule has 0 nitrogen and oxygen atoms in total. The van der Waals surface area contributed by atoms with Crippen molar-refractivity contribution in [3.8, 4) is 0 Å².